The number of benzene rings is 1. The van der Waals surface area contributed by atoms with Gasteiger partial charge < -0.3 is 15.5 Å². The minimum atomic E-state index is -2.60. The van der Waals surface area contributed by atoms with Gasteiger partial charge in [0.15, 0.2) is 0 Å². The van der Waals surface area contributed by atoms with E-state index in [-0.39, 0.29) is 28.9 Å². The molecule has 1 aliphatic rings. The quantitative estimate of drug-likeness (QED) is 0.467. The Morgan fingerprint density at radius 2 is 2.03 bits per heavy atom. The number of anilines is 1. The van der Waals surface area contributed by atoms with Crippen LogP contribution < -0.4 is 21.1 Å². The number of quaternary nitrogens is 1. The van der Waals surface area contributed by atoms with Gasteiger partial charge in [0.25, 0.3) is 17.9 Å². The van der Waals surface area contributed by atoms with Gasteiger partial charge in [0.05, 0.1) is 24.0 Å². The Bertz CT molecular complexity index is 1120. The molecule has 0 saturated carbocycles. The highest BCUT2D eigenvalue weighted by molar-refractivity contribution is 6.44. The van der Waals surface area contributed by atoms with Gasteiger partial charge in [0.1, 0.15) is 22.5 Å². The van der Waals surface area contributed by atoms with Gasteiger partial charge in [-0.3, -0.25) is 15.0 Å². The first-order valence-electron chi connectivity index (χ1n) is 9.97. The molecule has 2 heterocycles. The van der Waals surface area contributed by atoms with Crippen LogP contribution in [0.1, 0.15) is 36.9 Å². The van der Waals surface area contributed by atoms with Gasteiger partial charge in [-0.25, -0.2) is 13.9 Å². The molecule has 2 aromatic rings. The van der Waals surface area contributed by atoms with Crippen LogP contribution >= 0.6 is 11.6 Å². The number of alkyl halides is 2. The fourth-order valence-corrected chi connectivity index (χ4v) is 3.99. The second-order valence-electron chi connectivity index (χ2n) is 7.41. The average molecular weight is 466 g/mol. The maximum absolute atomic E-state index is 13.5. The van der Waals surface area contributed by atoms with Crippen molar-refractivity contribution in [2.75, 3.05) is 25.0 Å². The first-order chi connectivity index (χ1) is 15.2. The highest BCUT2D eigenvalue weighted by Gasteiger charge is 2.31. The summed E-state index contributed by atoms with van der Waals surface area (Å²) in [7, 11) is 1.43. The summed E-state index contributed by atoms with van der Waals surface area (Å²) >= 11 is 6.14. The number of hydrogen-bond acceptors (Lipinski definition) is 5. The maximum atomic E-state index is 13.5. The fraction of sp³-hybridized carbons (Fsp3) is 0.333. The van der Waals surface area contributed by atoms with Crippen LogP contribution in [0.15, 0.2) is 46.5 Å². The Labute approximate surface area is 188 Å². The second kappa shape index (κ2) is 10.0. The smallest absolute Gasteiger partial charge is 0.285 e. The number of nitrogens with two attached hydrogens (primary N) is 1. The van der Waals surface area contributed by atoms with E-state index in [1.165, 1.54) is 19.3 Å². The topological polar surface area (TPSA) is 119 Å². The van der Waals surface area contributed by atoms with Crippen LogP contribution in [0, 0.1) is 5.41 Å². The number of carbonyl (C=O) groups is 1. The minimum Gasteiger partial charge on any atom is -0.364 e. The predicted octanol–water partition coefficient (Wildman–Crippen LogP) is 1.92. The van der Waals surface area contributed by atoms with Crippen molar-refractivity contribution in [3.8, 4) is 0 Å². The summed E-state index contributed by atoms with van der Waals surface area (Å²) in [5.74, 6) is -0.566. The van der Waals surface area contributed by atoms with Crippen molar-refractivity contribution >= 4 is 28.9 Å². The van der Waals surface area contributed by atoms with E-state index < -0.39 is 17.9 Å². The fourth-order valence-electron chi connectivity index (χ4n) is 3.78. The van der Waals surface area contributed by atoms with Crippen LogP contribution in [0.5, 0.6) is 0 Å². The summed E-state index contributed by atoms with van der Waals surface area (Å²) < 4.78 is 26.9. The van der Waals surface area contributed by atoms with Gasteiger partial charge in [-0.05, 0) is 6.92 Å². The summed E-state index contributed by atoms with van der Waals surface area (Å²) in [5, 5.41) is 18.7. The number of aromatic nitrogens is 2. The molecule has 5 N–H and O–H groups in total. The molecule has 8 nitrogen and oxygen atoms in total. The van der Waals surface area contributed by atoms with E-state index in [1.54, 1.807) is 30.0 Å². The zero-order valence-electron chi connectivity index (χ0n) is 17.6. The monoisotopic (exact) mass is 465 g/mol. The lowest BCUT2D eigenvalue weighted by atomic mass is 9.97. The van der Waals surface area contributed by atoms with Gasteiger partial charge in [0.2, 0.25) is 0 Å². The van der Waals surface area contributed by atoms with Crippen LogP contribution in [0.4, 0.5) is 14.5 Å². The van der Waals surface area contributed by atoms with Gasteiger partial charge in [-0.1, -0.05) is 35.9 Å². The molecule has 1 aliphatic heterocycles. The van der Waals surface area contributed by atoms with Crippen LogP contribution in [0.2, 0.25) is 5.02 Å². The summed E-state index contributed by atoms with van der Waals surface area (Å²) in [6.45, 7) is 2.40. The molecule has 0 bridgehead atoms. The molecule has 11 heteroatoms. The number of nitrogens with one attached hydrogen (secondary N) is 3. The molecule has 1 atom stereocenters. The van der Waals surface area contributed by atoms with Crippen molar-refractivity contribution in [1.29, 1.82) is 5.41 Å². The molecule has 1 aromatic carbocycles. The molecule has 170 valence electrons. The molecular weight excluding hydrogens is 442 g/mol. The number of halogens is 3. The zero-order valence-corrected chi connectivity index (χ0v) is 18.3. The normalized spacial score (nSPS) is 15.1. The number of amides is 1. The van der Waals surface area contributed by atoms with E-state index in [2.05, 4.69) is 15.5 Å². The van der Waals surface area contributed by atoms with Crippen LogP contribution in [-0.2, 0) is 4.79 Å². The Hall–Kier alpha value is -3.11. The molecule has 3 rings (SSSR count). The number of hydrogen-bond donors (Lipinski definition) is 4. The average Bonchev–Trinajstić information content (AvgIpc) is 2.80. The summed E-state index contributed by atoms with van der Waals surface area (Å²) in [5.41, 5.74) is 1.24. The van der Waals surface area contributed by atoms with E-state index in [0.29, 0.717) is 29.8 Å². The molecular formula is C21H24ClF2N6O2+. The molecule has 0 radical (unpaired) electrons. The van der Waals surface area contributed by atoms with Crippen molar-refractivity contribution in [3.05, 3.63) is 68.2 Å². The summed E-state index contributed by atoms with van der Waals surface area (Å²) in [6, 6.07) is 5.97. The molecule has 1 aromatic heterocycles. The Kier molecular flexibility index (Phi) is 7.37. The highest BCUT2D eigenvalue weighted by Crippen LogP contribution is 2.28. The van der Waals surface area contributed by atoms with Crippen molar-refractivity contribution in [1.82, 2.24) is 15.5 Å². The van der Waals surface area contributed by atoms with E-state index >= 15 is 0 Å². The number of H-pyrrole nitrogens is 1. The number of aromatic amines is 1. The summed E-state index contributed by atoms with van der Waals surface area (Å²) in [6.07, 6.45) is -0.757. The Balaban J connectivity index is 1.96. The molecule has 0 spiro atoms. The van der Waals surface area contributed by atoms with Gasteiger partial charge in [0, 0.05) is 31.1 Å². The SMILES string of the molecule is CNC(=O)C(=N)C1=C([NH2+]C(C)c2ccccc2C(F)F)CCN(c2cn[nH]c(=O)c2Cl)C1. The molecule has 0 fully saturated rings. The third-order valence-electron chi connectivity index (χ3n) is 5.43. The second-order valence-corrected chi connectivity index (χ2v) is 7.79. The van der Waals surface area contributed by atoms with Gasteiger partial charge in [-0.2, -0.15) is 5.10 Å². The van der Waals surface area contributed by atoms with Crippen LogP contribution in [0.25, 0.3) is 0 Å². The summed E-state index contributed by atoms with van der Waals surface area (Å²) in [4.78, 5) is 25.8. The van der Waals surface area contributed by atoms with Crippen LogP contribution in [0.3, 0.4) is 0 Å². The third kappa shape index (κ3) is 4.86. The number of carbonyl (C=O) groups excluding carboxylic acids is 1. The zero-order chi connectivity index (χ0) is 23.4. The molecule has 0 aliphatic carbocycles. The number of rotatable bonds is 7. The Morgan fingerprint density at radius 1 is 1.34 bits per heavy atom. The Morgan fingerprint density at radius 3 is 2.69 bits per heavy atom. The lowest BCUT2D eigenvalue weighted by Gasteiger charge is -2.32. The van der Waals surface area contributed by atoms with Gasteiger partial charge in [-0.15, -0.1) is 0 Å². The lowest BCUT2D eigenvalue weighted by molar-refractivity contribution is -0.649. The van der Waals surface area contributed by atoms with Crippen LogP contribution in [-0.4, -0.2) is 42.0 Å². The highest BCUT2D eigenvalue weighted by atomic mass is 35.5. The standard InChI is InChI=1S/C21H23ClF2N6O2/c1-11(12-5-3-4-6-13(12)19(23)24)28-15-7-8-30(10-14(15)18(25)21(32)26-2)16-9-27-29-20(31)17(16)22/h3-6,9,11,19,25,28H,7-8,10H2,1-2H3,(H,26,32)(H,29,31)/p+1. The van der Waals surface area contributed by atoms with Crippen molar-refractivity contribution in [2.24, 2.45) is 0 Å². The first kappa shape index (κ1) is 23.6. The minimum absolute atomic E-state index is 0.0301. The number of nitrogens with zero attached hydrogens (tertiary/aromatic N) is 2. The predicted molar refractivity (Wildman–Crippen MR) is 117 cm³/mol. The third-order valence-corrected chi connectivity index (χ3v) is 5.80. The molecule has 0 saturated heterocycles. The van der Waals surface area contributed by atoms with E-state index in [0.717, 1.165) is 5.70 Å². The van der Waals surface area contributed by atoms with E-state index in [4.69, 9.17) is 17.0 Å². The molecule has 32 heavy (non-hydrogen) atoms. The molecule has 1 unspecified atom stereocenters. The van der Waals surface area contributed by atoms with Gasteiger partial charge >= 0.3 is 0 Å². The van der Waals surface area contributed by atoms with Crippen molar-refractivity contribution in [2.45, 2.75) is 25.8 Å². The van der Waals surface area contributed by atoms with Crippen molar-refractivity contribution in [3.63, 3.8) is 0 Å². The van der Waals surface area contributed by atoms with E-state index in [9.17, 15) is 18.4 Å². The first-order valence-corrected chi connectivity index (χ1v) is 10.3. The van der Waals surface area contributed by atoms with E-state index in [1.807, 2.05) is 5.32 Å². The largest absolute Gasteiger partial charge is 0.364 e. The van der Waals surface area contributed by atoms with Crippen molar-refractivity contribution < 1.29 is 18.9 Å². The lowest BCUT2D eigenvalue weighted by Crippen LogP contribution is -2.84. The maximum Gasteiger partial charge on any atom is 0.285 e. The molecule has 1 amide bonds.